The minimum Gasteiger partial charge on any atom is -0.364 e. The van der Waals surface area contributed by atoms with Gasteiger partial charge in [-0.1, -0.05) is 11.6 Å². The van der Waals surface area contributed by atoms with Crippen LogP contribution in [0.25, 0.3) is 5.82 Å². The number of nitrogens with zero attached hydrogens (tertiary/aromatic N) is 5. The van der Waals surface area contributed by atoms with Gasteiger partial charge in [-0.15, -0.1) is 17.4 Å². The number of aromatic nitrogens is 5. The van der Waals surface area contributed by atoms with Gasteiger partial charge in [0, 0.05) is 12.7 Å². The molecule has 0 radical (unpaired) electrons. The summed E-state index contributed by atoms with van der Waals surface area (Å²) < 4.78 is 72.2. The molecule has 0 bridgehead atoms. The topological polar surface area (TPSA) is 107 Å². The lowest BCUT2D eigenvalue weighted by atomic mass is 10.1. The van der Waals surface area contributed by atoms with E-state index in [1.54, 1.807) is 0 Å². The number of hydrogen-bond donors (Lipinski definition) is 3. The first-order chi connectivity index (χ1) is 15.8. The van der Waals surface area contributed by atoms with E-state index >= 15 is 0 Å². The van der Waals surface area contributed by atoms with Crippen LogP contribution in [0.15, 0.2) is 30.9 Å². The predicted octanol–water partition coefficient (Wildman–Crippen LogP) is 5.06. The lowest BCUT2D eigenvalue weighted by Crippen LogP contribution is -2.25. The summed E-state index contributed by atoms with van der Waals surface area (Å²) in [6.45, 7) is 1.39. The number of urea groups is 1. The highest BCUT2D eigenvalue weighted by molar-refractivity contribution is 7.81. The highest BCUT2D eigenvalue weighted by Gasteiger charge is 2.36. The molecule has 0 fully saturated rings. The van der Waals surface area contributed by atoms with E-state index in [-0.39, 0.29) is 16.9 Å². The van der Waals surface area contributed by atoms with Gasteiger partial charge in [-0.25, -0.2) is 18.6 Å². The Morgan fingerprint density at radius 1 is 1.18 bits per heavy atom. The maximum Gasteiger partial charge on any atom is 0.420 e. The van der Waals surface area contributed by atoms with E-state index in [2.05, 4.69) is 43.4 Å². The van der Waals surface area contributed by atoms with Crippen molar-refractivity contribution in [2.24, 2.45) is 0 Å². The summed E-state index contributed by atoms with van der Waals surface area (Å²) in [5, 5.41) is 11.2. The van der Waals surface area contributed by atoms with Crippen molar-refractivity contribution in [1.82, 2.24) is 25.0 Å². The third-order valence-electron chi connectivity index (χ3n) is 4.40. The van der Waals surface area contributed by atoms with Crippen LogP contribution >= 0.6 is 24.2 Å². The number of carbonyl (C=O) groups is 1. The minimum absolute atomic E-state index is 0.130. The zero-order valence-electron chi connectivity index (χ0n) is 17.2. The van der Waals surface area contributed by atoms with Gasteiger partial charge in [0.05, 0.1) is 41.2 Å². The summed E-state index contributed by atoms with van der Waals surface area (Å²) in [4.78, 5) is 18.9. The molecular weight excluding hydrogens is 509 g/mol. The molecule has 1 atom stereocenters. The number of methoxy groups -OCH3 is 1. The van der Waals surface area contributed by atoms with Gasteiger partial charge in [0.2, 0.25) is 0 Å². The van der Waals surface area contributed by atoms with Crippen molar-refractivity contribution in [2.45, 2.75) is 24.5 Å². The Kier molecular flexibility index (Phi) is 7.28. The molecule has 3 heterocycles. The lowest BCUT2D eigenvalue weighted by molar-refractivity contribution is -0.137. The van der Waals surface area contributed by atoms with Gasteiger partial charge in [0.1, 0.15) is 16.2 Å². The zero-order chi connectivity index (χ0) is 25.3. The van der Waals surface area contributed by atoms with E-state index in [0.717, 1.165) is 12.4 Å². The molecule has 34 heavy (non-hydrogen) atoms. The number of nitrogens with one attached hydrogen (secondary N) is 2. The number of carbonyl (C=O) groups excluding carboxylic acids is 1. The fraction of sp³-hybridized carbons (Fsp3) is 0.278. The van der Waals surface area contributed by atoms with Crippen LogP contribution in [0.4, 0.5) is 38.1 Å². The lowest BCUT2D eigenvalue weighted by Gasteiger charge is -2.27. The summed E-state index contributed by atoms with van der Waals surface area (Å²) >= 11 is 10.3. The van der Waals surface area contributed by atoms with Gasteiger partial charge in [0.15, 0.2) is 5.82 Å². The Bertz CT molecular complexity index is 1190. The Labute approximate surface area is 199 Å². The van der Waals surface area contributed by atoms with Crippen LogP contribution in [0.3, 0.4) is 0 Å². The first kappa shape index (κ1) is 25.6. The molecule has 0 aromatic carbocycles. The molecule has 0 aliphatic carbocycles. The largest absolute Gasteiger partial charge is 0.420 e. The molecule has 16 heteroatoms. The van der Waals surface area contributed by atoms with Crippen LogP contribution in [0.5, 0.6) is 0 Å². The molecule has 2 amide bonds. The third-order valence-corrected chi connectivity index (χ3v) is 5.19. The second-order valence-corrected chi connectivity index (χ2v) is 7.96. The van der Waals surface area contributed by atoms with Crippen LogP contribution in [0.1, 0.15) is 30.2 Å². The Hall–Kier alpha value is -3.04. The quantitative estimate of drug-likeness (QED) is 0.237. The molecule has 3 aromatic heterocycles. The number of alkyl halides is 5. The summed E-state index contributed by atoms with van der Waals surface area (Å²) in [5.41, 5.74) is -2.59. The molecule has 0 saturated heterocycles. The van der Waals surface area contributed by atoms with E-state index in [9.17, 15) is 26.7 Å². The number of hydrogen-bond acceptors (Lipinski definition) is 7. The van der Waals surface area contributed by atoms with Crippen LogP contribution in [-0.4, -0.2) is 38.1 Å². The number of halogens is 6. The van der Waals surface area contributed by atoms with Gasteiger partial charge < -0.3 is 15.4 Å². The predicted molar refractivity (Wildman–Crippen MR) is 114 cm³/mol. The molecule has 0 aliphatic rings. The van der Waals surface area contributed by atoms with Crippen LogP contribution in [-0.2, 0) is 15.8 Å². The number of rotatable bonds is 6. The normalized spacial score (nSPS) is 13.6. The van der Waals surface area contributed by atoms with Gasteiger partial charge in [-0.3, -0.25) is 4.98 Å². The number of amides is 2. The maximum absolute atomic E-state index is 13.5. The molecule has 2 N–H and O–H groups in total. The monoisotopic (exact) mass is 523 g/mol. The Morgan fingerprint density at radius 3 is 2.38 bits per heavy atom. The van der Waals surface area contributed by atoms with E-state index in [4.69, 9.17) is 16.3 Å². The molecule has 9 nitrogen and oxygen atoms in total. The van der Waals surface area contributed by atoms with Crippen LogP contribution in [0.2, 0.25) is 5.02 Å². The van der Waals surface area contributed by atoms with Gasteiger partial charge in [0.25, 0.3) is 6.43 Å². The second kappa shape index (κ2) is 9.68. The number of anilines is 2. The van der Waals surface area contributed by atoms with E-state index < -0.39 is 45.7 Å². The average Bonchev–Trinajstić information content (AvgIpc) is 3.27. The van der Waals surface area contributed by atoms with Crippen molar-refractivity contribution < 1.29 is 31.5 Å². The first-order valence-corrected chi connectivity index (χ1v) is 9.94. The van der Waals surface area contributed by atoms with Crippen molar-refractivity contribution in [2.75, 3.05) is 17.7 Å². The van der Waals surface area contributed by atoms with Gasteiger partial charge in [-0.2, -0.15) is 23.4 Å². The van der Waals surface area contributed by atoms with Gasteiger partial charge in [-0.05, 0) is 13.0 Å². The highest BCUT2D eigenvalue weighted by atomic mass is 35.5. The van der Waals surface area contributed by atoms with Crippen LogP contribution in [0, 0.1) is 0 Å². The average molecular weight is 524 g/mol. The number of ether oxygens (including phenoxy) is 1. The maximum atomic E-state index is 13.5. The molecule has 3 rings (SSSR count). The summed E-state index contributed by atoms with van der Waals surface area (Å²) in [5.74, 6) is -0.602. The van der Waals surface area contributed by atoms with Crippen molar-refractivity contribution >= 4 is 41.6 Å². The molecule has 3 aromatic rings. The standard InChI is InChI=1S/C18H15ClF5N7O2S/c1-17(34,33-2)11-10(7-25-13(12(11)19)14(20)21)30-16(32)29-8-5-9(18(22,23)24)15(26-6-8)31-27-3-4-28-31/h3-7,14,34H,1-2H3,(H2,29,30,32). The smallest absolute Gasteiger partial charge is 0.364 e. The second-order valence-electron chi connectivity index (χ2n) is 6.72. The molecule has 0 saturated carbocycles. The zero-order valence-corrected chi connectivity index (χ0v) is 18.9. The van der Waals surface area contributed by atoms with Crippen molar-refractivity contribution in [3.8, 4) is 5.82 Å². The Morgan fingerprint density at radius 2 is 1.82 bits per heavy atom. The molecule has 1 unspecified atom stereocenters. The SMILES string of the molecule is COC(C)(S)c1c(NC(=O)Nc2cnc(-n3nccn3)c(C(F)(F)F)c2)cnc(C(F)F)c1Cl. The highest BCUT2D eigenvalue weighted by Crippen LogP contribution is 2.42. The minimum atomic E-state index is -4.84. The van der Waals surface area contributed by atoms with Crippen molar-refractivity contribution in [3.05, 3.63) is 52.7 Å². The number of pyridine rings is 2. The molecule has 0 aliphatic heterocycles. The fourth-order valence-electron chi connectivity index (χ4n) is 2.81. The van der Waals surface area contributed by atoms with E-state index in [1.807, 2.05) is 0 Å². The van der Waals surface area contributed by atoms with Crippen molar-refractivity contribution in [1.29, 1.82) is 0 Å². The molecule has 182 valence electrons. The van der Waals surface area contributed by atoms with Crippen molar-refractivity contribution in [3.63, 3.8) is 0 Å². The molecule has 0 spiro atoms. The van der Waals surface area contributed by atoms with Crippen LogP contribution < -0.4 is 10.6 Å². The first-order valence-electron chi connectivity index (χ1n) is 9.11. The molecular formula is C18H15ClF5N7O2S. The van der Waals surface area contributed by atoms with E-state index in [1.165, 1.54) is 26.4 Å². The summed E-state index contributed by atoms with van der Waals surface area (Å²) in [7, 11) is 1.23. The third kappa shape index (κ3) is 5.37. The van der Waals surface area contributed by atoms with E-state index in [0.29, 0.717) is 10.9 Å². The Balaban J connectivity index is 1.93. The fourth-order valence-corrected chi connectivity index (χ4v) is 3.52. The summed E-state index contributed by atoms with van der Waals surface area (Å²) in [6, 6.07) is -0.404. The summed E-state index contributed by atoms with van der Waals surface area (Å²) in [6.07, 6.45) is -3.66. The number of thiol groups is 1. The van der Waals surface area contributed by atoms with Gasteiger partial charge >= 0.3 is 12.2 Å².